The first kappa shape index (κ1) is 15.9. The number of rotatable bonds is 7. The molecule has 1 saturated heterocycles. The van der Waals surface area contributed by atoms with Gasteiger partial charge in [-0.1, -0.05) is 13.3 Å². The summed E-state index contributed by atoms with van der Waals surface area (Å²) in [5.41, 5.74) is -0.342. The topological polar surface area (TPSA) is 36.9 Å². The molecule has 1 aliphatic rings. The highest BCUT2D eigenvalue weighted by atomic mass is 16.7. The third-order valence-corrected chi connectivity index (χ3v) is 3.58. The fraction of sp³-hybridized carbons (Fsp3) is 1.00. The summed E-state index contributed by atoms with van der Waals surface area (Å²) in [5, 5.41) is 0. The Morgan fingerprint density at radius 2 is 2.00 bits per heavy atom. The summed E-state index contributed by atoms with van der Waals surface area (Å²) in [4.78, 5) is 0. The summed E-state index contributed by atoms with van der Waals surface area (Å²) < 4.78 is 23.1. The Bertz CT molecular complexity index is 234. The van der Waals surface area contributed by atoms with Gasteiger partial charge in [-0.15, -0.1) is 0 Å². The van der Waals surface area contributed by atoms with E-state index in [2.05, 4.69) is 13.8 Å². The minimum Gasteiger partial charge on any atom is -0.376 e. The van der Waals surface area contributed by atoms with E-state index in [9.17, 15) is 0 Å². The normalized spacial score (nSPS) is 36.8. The first-order valence-electron chi connectivity index (χ1n) is 7.01. The second kappa shape index (κ2) is 7.43. The zero-order chi connectivity index (χ0) is 13.6. The van der Waals surface area contributed by atoms with E-state index in [1.165, 1.54) is 0 Å². The maximum atomic E-state index is 5.96. The highest BCUT2D eigenvalue weighted by Gasteiger charge is 2.46. The molecule has 0 bridgehead atoms. The standard InChI is InChI=1S/C14H28O4/c1-6-8-9-17-13-11(3)18-12(16-7-2)10-14(13,4)15-5/h11-13H,6-10H2,1-5H3/t11-,12-,13-,14+/m0/s1. The second-order valence-electron chi connectivity index (χ2n) is 5.09. The van der Waals surface area contributed by atoms with E-state index >= 15 is 0 Å². The van der Waals surface area contributed by atoms with E-state index < -0.39 is 0 Å². The zero-order valence-electron chi connectivity index (χ0n) is 12.4. The van der Waals surface area contributed by atoms with Crippen LogP contribution in [0.15, 0.2) is 0 Å². The smallest absolute Gasteiger partial charge is 0.160 e. The molecule has 1 fully saturated rings. The van der Waals surface area contributed by atoms with Crippen molar-refractivity contribution >= 4 is 0 Å². The van der Waals surface area contributed by atoms with Gasteiger partial charge >= 0.3 is 0 Å². The van der Waals surface area contributed by atoms with Crippen molar-refractivity contribution in [3.05, 3.63) is 0 Å². The average molecular weight is 260 g/mol. The molecule has 1 heterocycles. The van der Waals surface area contributed by atoms with Gasteiger partial charge in [-0.3, -0.25) is 0 Å². The lowest BCUT2D eigenvalue weighted by Gasteiger charge is -2.46. The van der Waals surface area contributed by atoms with Crippen LogP contribution in [-0.4, -0.2) is 44.4 Å². The fourth-order valence-electron chi connectivity index (χ4n) is 2.45. The van der Waals surface area contributed by atoms with Crippen molar-refractivity contribution in [1.29, 1.82) is 0 Å². The van der Waals surface area contributed by atoms with E-state index in [4.69, 9.17) is 18.9 Å². The summed E-state index contributed by atoms with van der Waals surface area (Å²) in [6, 6.07) is 0. The minimum absolute atomic E-state index is 0.0166. The Labute approximate surface area is 111 Å². The predicted octanol–water partition coefficient (Wildman–Crippen LogP) is 2.75. The van der Waals surface area contributed by atoms with E-state index in [0.29, 0.717) is 13.0 Å². The van der Waals surface area contributed by atoms with Crippen molar-refractivity contribution in [2.45, 2.75) is 71.1 Å². The number of ether oxygens (including phenoxy) is 4. The second-order valence-corrected chi connectivity index (χ2v) is 5.09. The Hall–Kier alpha value is -0.160. The van der Waals surface area contributed by atoms with Crippen LogP contribution in [0.3, 0.4) is 0 Å². The Morgan fingerprint density at radius 3 is 2.56 bits per heavy atom. The fourth-order valence-corrected chi connectivity index (χ4v) is 2.45. The molecule has 4 atom stereocenters. The van der Waals surface area contributed by atoms with Gasteiger partial charge < -0.3 is 18.9 Å². The first-order valence-corrected chi connectivity index (χ1v) is 7.01. The lowest BCUT2D eigenvalue weighted by atomic mass is 9.88. The van der Waals surface area contributed by atoms with Crippen LogP contribution in [0.5, 0.6) is 0 Å². The molecule has 18 heavy (non-hydrogen) atoms. The molecule has 1 rings (SSSR count). The molecule has 0 amide bonds. The number of methoxy groups -OCH3 is 1. The monoisotopic (exact) mass is 260 g/mol. The molecule has 0 saturated carbocycles. The van der Waals surface area contributed by atoms with Gasteiger partial charge in [-0.05, 0) is 27.2 Å². The molecule has 0 aromatic rings. The van der Waals surface area contributed by atoms with Gasteiger partial charge in [0.05, 0.1) is 11.7 Å². The number of hydrogen-bond acceptors (Lipinski definition) is 4. The third-order valence-electron chi connectivity index (χ3n) is 3.58. The van der Waals surface area contributed by atoms with Crippen molar-refractivity contribution < 1.29 is 18.9 Å². The van der Waals surface area contributed by atoms with Crippen LogP contribution in [0.4, 0.5) is 0 Å². The predicted molar refractivity (Wildman–Crippen MR) is 70.6 cm³/mol. The molecule has 108 valence electrons. The van der Waals surface area contributed by atoms with Crippen molar-refractivity contribution in [3.63, 3.8) is 0 Å². The summed E-state index contributed by atoms with van der Waals surface area (Å²) >= 11 is 0. The van der Waals surface area contributed by atoms with Gasteiger partial charge in [0, 0.05) is 26.7 Å². The summed E-state index contributed by atoms with van der Waals surface area (Å²) in [5.74, 6) is 0. The van der Waals surface area contributed by atoms with Crippen LogP contribution in [-0.2, 0) is 18.9 Å². The van der Waals surface area contributed by atoms with E-state index in [0.717, 1.165) is 19.4 Å². The SMILES string of the molecule is CCCCO[C@H]1[C@H](C)O[C@H](OCC)C[C@@]1(C)OC. The van der Waals surface area contributed by atoms with Crippen molar-refractivity contribution in [2.75, 3.05) is 20.3 Å². The van der Waals surface area contributed by atoms with Crippen molar-refractivity contribution in [1.82, 2.24) is 0 Å². The van der Waals surface area contributed by atoms with Gasteiger partial charge in [0.2, 0.25) is 0 Å². The van der Waals surface area contributed by atoms with Crippen LogP contribution >= 0.6 is 0 Å². The number of hydrogen-bond donors (Lipinski definition) is 0. The zero-order valence-corrected chi connectivity index (χ0v) is 12.4. The highest BCUT2D eigenvalue weighted by molar-refractivity contribution is 4.93. The quantitative estimate of drug-likeness (QED) is 0.660. The molecular formula is C14H28O4. The lowest BCUT2D eigenvalue weighted by molar-refractivity contribution is -0.285. The highest BCUT2D eigenvalue weighted by Crippen LogP contribution is 2.34. The summed E-state index contributed by atoms with van der Waals surface area (Å²) in [6.45, 7) is 9.65. The van der Waals surface area contributed by atoms with Gasteiger partial charge in [-0.25, -0.2) is 0 Å². The van der Waals surface area contributed by atoms with E-state index in [1.54, 1.807) is 7.11 Å². The van der Waals surface area contributed by atoms with Crippen LogP contribution in [0.2, 0.25) is 0 Å². The molecule has 0 aromatic carbocycles. The molecule has 1 aliphatic heterocycles. The summed E-state index contributed by atoms with van der Waals surface area (Å²) in [7, 11) is 1.73. The molecule has 4 heteroatoms. The Balaban J connectivity index is 2.63. The lowest BCUT2D eigenvalue weighted by Crippen LogP contribution is -2.57. The molecule has 0 radical (unpaired) electrons. The van der Waals surface area contributed by atoms with Gasteiger partial charge in [0.15, 0.2) is 6.29 Å². The molecule has 0 spiro atoms. The maximum Gasteiger partial charge on any atom is 0.160 e. The maximum absolute atomic E-state index is 5.96. The van der Waals surface area contributed by atoms with Crippen molar-refractivity contribution in [3.8, 4) is 0 Å². The number of unbranched alkanes of at least 4 members (excludes halogenated alkanes) is 1. The van der Waals surface area contributed by atoms with Crippen LogP contribution in [0.1, 0.15) is 47.0 Å². The minimum atomic E-state index is -0.342. The van der Waals surface area contributed by atoms with E-state index in [-0.39, 0.29) is 24.1 Å². The van der Waals surface area contributed by atoms with Crippen LogP contribution in [0.25, 0.3) is 0 Å². The third kappa shape index (κ3) is 3.92. The molecular weight excluding hydrogens is 232 g/mol. The Morgan fingerprint density at radius 1 is 1.28 bits per heavy atom. The molecule has 4 nitrogen and oxygen atoms in total. The van der Waals surface area contributed by atoms with Crippen LogP contribution < -0.4 is 0 Å². The van der Waals surface area contributed by atoms with Gasteiger partial charge in [-0.2, -0.15) is 0 Å². The molecule has 0 unspecified atom stereocenters. The molecule has 0 N–H and O–H groups in total. The Kier molecular flexibility index (Phi) is 6.57. The molecule has 0 aromatic heterocycles. The van der Waals surface area contributed by atoms with Gasteiger partial charge in [0.1, 0.15) is 6.10 Å². The first-order chi connectivity index (χ1) is 8.57. The largest absolute Gasteiger partial charge is 0.376 e. The van der Waals surface area contributed by atoms with E-state index in [1.807, 2.05) is 13.8 Å². The molecule has 0 aliphatic carbocycles. The average Bonchev–Trinajstić information content (AvgIpc) is 2.33. The van der Waals surface area contributed by atoms with Gasteiger partial charge in [0.25, 0.3) is 0 Å². The summed E-state index contributed by atoms with van der Waals surface area (Å²) in [6.07, 6.45) is 2.66. The van der Waals surface area contributed by atoms with Crippen LogP contribution in [0, 0.1) is 0 Å². The van der Waals surface area contributed by atoms with Crippen molar-refractivity contribution in [2.24, 2.45) is 0 Å².